The molecular formula is C17H24O4. The van der Waals surface area contributed by atoms with E-state index in [9.17, 15) is 15.0 Å². The summed E-state index contributed by atoms with van der Waals surface area (Å²) in [5.74, 6) is -0.502. The van der Waals surface area contributed by atoms with E-state index in [2.05, 4.69) is 0 Å². The van der Waals surface area contributed by atoms with E-state index in [-0.39, 0.29) is 31.7 Å². The maximum absolute atomic E-state index is 12.6. The van der Waals surface area contributed by atoms with Crippen molar-refractivity contribution in [1.29, 1.82) is 0 Å². The van der Waals surface area contributed by atoms with Crippen LogP contribution in [0.4, 0.5) is 0 Å². The van der Waals surface area contributed by atoms with E-state index in [0.29, 0.717) is 6.42 Å². The minimum absolute atomic E-state index is 0.0630. The molecule has 3 atom stereocenters. The molecule has 0 bridgehead atoms. The molecule has 1 saturated carbocycles. The molecular weight excluding hydrogens is 268 g/mol. The Morgan fingerprint density at radius 2 is 1.95 bits per heavy atom. The molecule has 2 N–H and O–H groups in total. The quantitative estimate of drug-likeness (QED) is 0.816. The summed E-state index contributed by atoms with van der Waals surface area (Å²) in [4.78, 5) is 12.6. The molecule has 21 heavy (non-hydrogen) atoms. The van der Waals surface area contributed by atoms with Gasteiger partial charge in [-0.2, -0.15) is 0 Å². The molecule has 4 nitrogen and oxygen atoms in total. The number of aliphatic hydroxyl groups is 2. The van der Waals surface area contributed by atoms with Crippen LogP contribution in [0, 0.1) is 16.7 Å². The Hall–Kier alpha value is -1.39. The van der Waals surface area contributed by atoms with Gasteiger partial charge in [0.05, 0.1) is 5.41 Å². The molecule has 1 aliphatic carbocycles. The van der Waals surface area contributed by atoms with Crippen molar-refractivity contribution in [1.82, 2.24) is 0 Å². The number of rotatable bonds is 5. The van der Waals surface area contributed by atoms with Crippen molar-refractivity contribution in [3.05, 3.63) is 35.9 Å². The molecule has 1 fully saturated rings. The van der Waals surface area contributed by atoms with Gasteiger partial charge in [-0.05, 0) is 31.2 Å². The number of hydrogen-bond donors (Lipinski definition) is 2. The maximum Gasteiger partial charge on any atom is 0.313 e. The molecule has 0 unspecified atom stereocenters. The van der Waals surface area contributed by atoms with Gasteiger partial charge in [-0.15, -0.1) is 0 Å². The number of carbonyl (C=O) groups excluding carboxylic acids is 1. The van der Waals surface area contributed by atoms with E-state index < -0.39 is 10.8 Å². The zero-order valence-corrected chi connectivity index (χ0v) is 12.7. The van der Waals surface area contributed by atoms with Crippen molar-refractivity contribution >= 4 is 5.97 Å². The summed E-state index contributed by atoms with van der Waals surface area (Å²) < 4.78 is 5.48. The van der Waals surface area contributed by atoms with Crippen molar-refractivity contribution in [2.45, 2.75) is 33.3 Å². The lowest BCUT2D eigenvalue weighted by molar-refractivity contribution is -0.169. The second kappa shape index (κ2) is 6.16. The predicted molar refractivity (Wildman–Crippen MR) is 79.3 cm³/mol. The number of ether oxygens (including phenoxy) is 1. The van der Waals surface area contributed by atoms with Crippen LogP contribution in [0.1, 0.15) is 32.3 Å². The van der Waals surface area contributed by atoms with Gasteiger partial charge in [0.15, 0.2) is 0 Å². The molecule has 1 aromatic carbocycles. The van der Waals surface area contributed by atoms with Gasteiger partial charge in [-0.3, -0.25) is 4.79 Å². The first-order valence-electron chi connectivity index (χ1n) is 7.41. The Bertz CT molecular complexity index is 487. The van der Waals surface area contributed by atoms with Gasteiger partial charge in [0.25, 0.3) is 0 Å². The summed E-state index contributed by atoms with van der Waals surface area (Å²) in [6.07, 6.45) is 1.44. The van der Waals surface area contributed by atoms with Crippen molar-refractivity contribution in [2.24, 2.45) is 16.7 Å². The number of esters is 1. The molecule has 0 aromatic heterocycles. The zero-order valence-electron chi connectivity index (χ0n) is 12.7. The van der Waals surface area contributed by atoms with E-state index in [1.54, 1.807) is 0 Å². The fraction of sp³-hybridized carbons (Fsp3) is 0.588. The smallest absolute Gasteiger partial charge is 0.313 e. The molecule has 0 amide bonds. The van der Waals surface area contributed by atoms with Crippen LogP contribution in [-0.4, -0.2) is 29.4 Å². The third-order valence-electron chi connectivity index (χ3n) is 5.32. The molecule has 1 aromatic rings. The van der Waals surface area contributed by atoms with Gasteiger partial charge in [-0.25, -0.2) is 0 Å². The van der Waals surface area contributed by atoms with Crippen molar-refractivity contribution in [3.8, 4) is 0 Å². The first kappa shape index (κ1) is 16.0. The average molecular weight is 292 g/mol. The van der Waals surface area contributed by atoms with Gasteiger partial charge in [0, 0.05) is 18.6 Å². The molecule has 0 saturated heterocycles. The highest BCUT2D eigenvalue weighted by molar-refractivity contribution is 5.78. The minimum atomic E-state index is -0.856. The van der Waals surface area contributed by atoms with Crippen LogP contribution < -0.4 is 0 Å². The van der Waals surface area contributed by atoms with Gasteiger partial charge in [0.2, 0.25) is 0 Å². The predicted octanol–water partition coefficient (Wildman–Crippen LogP) is 2.14. The maximum atomic E-state index is 12.6. The fourth-order valence-corrected chi connectivity index (χ4v) is 3.34. The van der Waals surface area contributed by atoms with Crippen LogP contribution in [0.5, 0.6) is 0 Å². The van der Waals surface area contributed by atoms with Crippen LogP contribution in [0.3, 0.4) is 0 Å². The third kappa shape index (κ3) is 2.70. The summed E-state index contributed by atoms with van der Waals surface area (Å²) in [5.41, 5.74) is -0.474. The van der Waals surface area contributed by atoms with Crippen LogP contribution in [0.15, 0.2) is 30.3 Å². The largest absolute Gasteiger partial charge is 0.460 e. The Morgan fingerprint density at radius 1 is 1.29 bits per heavy atom. The second-order valence-electron chi connectivity index (χ2n) is 6.40. The molecule has 0 heterocycles. The van der Waals surface area contributed by atoms with Crippen molar-refractivity contribution in [2.75, 3.05) is 13.2 Å². The highest BCUT2D eigenvalue weighted by Crippen LogP contribution is 2.56. The Labute approximate surface area is 125 Å². The molecule has 0 aliphatic heterocycles. The Morgan fingerprint density at radius 3 is 2.52 bits per heavy atom. The van der Waals surface area contributed by atoms with E-state index in [1.165, 1.54) is 0 Å². The summed E-state index contributed by atoms with van der Waals surface area (Å²) in [6, 6.07) is 9.51. The van der Waals surface area contributed by atoms with E-state index in [4.69, 9.17) is 4.74 Å². The molecule has 0 radical (unpaired) electrons. The van der Waals surface area contributed by atoms with Crippen molar-refractivity contribution in [3.63, 3.8) is 0 Å². The summed E-state index contributed by atoms with van der Waals surface area (Å²) >= 11 is 0. The van der Waals surface area contributed by atoms with E-state index >= 15 is 0 Å². The van der Waals surface area contributed by atoms with Gasteiger partial charge in [0.1, 0.15) is 6.61 Å². The Balaban J connectivity index is 2.14. The van der Waals surface area contributed by atoms with Crippen LogP contribution >= 0.6 is 0 Å². The van der Waals surface area contributed by atoms with Crippen LogP contribution in [0.2, 0.25) is 0 Å². The average Bonchev–Trinajstić information content (AvgIpc) is 2.79. The topological polar surface area (TPSA) is 66.8 Å². The van der Waals surface area contributed by atoms with Crippen molar-refractivity contribution < 1.29 is 19.7 Å². The van der Waals surface area contributed by atoms with E-state index in [0.717, 1.165) is 12.0 Å². The normalized spacial score (nSPS) is 32.1. The van der Waals surface area contributed by atoms with Gasteiger partial charge >= 0.3 is 5.97 Å². The molecule has 4 heteroatoms. The zero-order chi connectivity index (χ0) is 15.5. The summed E-state index contributed by atoms with van der Waals surface area (Å²) in [6.45, 7) is 3.78. The highest BCUT2D eigenvalue weighted by atomic mass is 16.5. The van der Waals surface area contributed by atoms with Crippen LogP contribution in [-0.2, 0) is 16.1 Å². The third-order valence-corrected chi connectivity index (χ3v) is 5.32. The first-order chi connectivity index (χ1) is 9.98. The Kier molecular flexibility index (Phi) is 4.69. The fourth-order valence-electron chi connectivity index (χ4n) is 3.34. The molecule has 116 valence electrons. The monoisotopic (exact) mass is 292 g/mol. The summed E-state index contributed by atoms with van der Waals surface area (Å²) in [5, 5.41) is 19.3. The lowest BCUT2D eigenvalue weighted by atomic mass is 9.65. The van der Waals surface area contributed by atoms with Gasteiger partial charge < -0.3 is 14.9 Å². The molecule has 2 rings (SSSR count). The van der Waals surface area contributed by atoms with E-state index in [1.807, 2.05) is 44.2 Å². The highest BCUT2D eigenvalue weighted by Gasteiger charge is 2.59. The second-order valence-corrected chi connectivity index (χ2v) is 6.40. The number of hydrogen-bond acceptors (Lipinski definition) is 4. The van der Waals surface area contributed by atoms with Crippen LogP contribution in [0.25, 0.3) is 0 Å². The lowest BCUT2D eigenvalue weighted by Gasteiger charge is -2.40. The lowest BCUT2D eigenvalue weighted by Crippen LogP contribution is -2.47. The number of benzene rings is 1. The number of carbonyl (C=O) groups is 1. The minimum Gasteiger partial charge on any atom is -0.460 e. The van der Waals surface area contributed by atoms with Gasteiger partial charge in [-0.1, -0.05) is 37.3 Å². The SMILES string of the molecule is C[C@@]1(CO)CC[C@H](CO)[C@@]1(C)C(=O)OCc1ccccc1. The standard InChI is InChI=1S/C17H24O4/c1-16(12-19)9-8-14(10-18)17(16,2)15(20)21-11-13-6-4-3-5-7-13/h3-7,14,18-19H,8-12H2,1-2H3/t14-,16+,17+/m1/s1. The molecule has 0 spiro atoms. The molecule has 1 aliphatic rings. The summed E-state index contributed by atoms with van der Waals surface area (Å²) in [7, 11) is 0. The number of aliphatic hydroxyl groups excluding tert-OH is 2. The first-order valence-corrected chi connectivity index (χ1v) is 7.41.